The Morgan fingerprint density at radius 2 is 1.88 bits per heavy atom. The van der Waals surface area contributed by atoms with Crippen molar-refractivity contribution in [1.29, 1.82) is 0 Å². The molecule has 0 bridgehead atoms. The molecule has 0 aromatic carbocycles. The fraction of sp³-hybridized carbons (Fsp3) is 0.727. The minimum Gasteiger partial charge on any atom is -0.388 e. The molecule has 0 radical (unpaired) electrons. The summed E-state index contributed by atoms with van der Waals surface area (Å²) in [5, 5.41) is 21.5. The smallest absolute Gasteiger partial charge is 0.183 e. The summed E-state index contributed by atoms with van der Waals surface area (Å²) in [7, 11) is 1.51. The first-order valence-corrected chi connectivity index (χ1v) is 5.22. The third-order valence-corrected chi connectivity index (χ3v) is 2.06. The van der Waals surface area contributed by atoms with Crippen molar-refractivity contribution in [3.8, 4) is 0 Å². The van der Waals surface area contributed by atoms with Crippen molar-refractivity contribution in [3.63, 3.8) is 0 Å². The number of aliphatic hydroxyl groups is 2. The second-order valence-corrected chi connectivity index (χ2v) is 4.94. The van der Waals surface area contributed by atoms with Gasteiger partial charge in [-0.1, -0.05) is 20.8 Å². The van der Waals surface area contributed by atoms with Gasteiger partial charge >= 0.3 is 0 Å². The molecule has 0 aliphatic rings. The van der Waals surface area contributed by atoms with Crippen molar-refractivity contribution in [2.24, 2.45) is 16.1 Å². The monoisotopic (exact) mass is 229 g/mol. The third kappa shape index (κ3) is 5.14. The van der Waals surface area contributed by atoms with Gasteiger partial charge in [0.05, 0.1) is 5.57 Å². The Bertz CT molecular complexity index is 288. The Labute approximate surface area is 97.1 Å². The molecule has 0 aromatic rings. The van der Waals surface area contributed by atoms with E-state index < -0.39 is 6.29 Å². The van der Waals surface area contributed by atoms with Gasteiger partial charge in [0.15, 0.2) is 6.29 Å². The van der Waals surface area contributed by atoms with Crippen LogP contribution in [0.5, 0.6) is 0 Å². The molecule has 0 unspecified atom stereocenters. The average molecular weight is 229 g/mol. The second kappa shape index (κ2) is 5.86. The Morgan fingerprint density at radius 1 is 1.38 bits per heavy atom. The fourth-order valence-electron chi connectivity index (χ4n) is 1.13. The van der Waals surface area contributed by atoms with E-state index in [1.165, 1.54) is 7.05 Å². The highest BCUT2D eigenvalue weighted by Crippen LogP contribution is 2.13. The van der Waals surface area contributed by atoms with Gasteiger partial charge in [-0.25, -0.2) is 0 Å². The van der Waals surface area contributed by atoms with Crippen LogP contribution in [0.2, 0.25) is 0 Å². The molecule has 0 rings (SSSR count). The minimum atomic E-state index is -1.61. The van der Waals surface area contributed by atoms with Gasteiger partial charge in [0.1, 0.15) is 5.84 Å². The van der Waals surface area contributed by atoms with Gasteiger partial charge in [-0.3, -0.25) is 4.99 Å². The van der Waals surface area contributed by atoms with Crippen molar-refractivity contribution in [2.45, 2.75) is 34.0 Å². The molecule has 0 atom stereocenters. The van der Waals surface area contributed by atoms with E-state index in [1.54, 1.807) is 6.92 Å². The summed E-state index contributed by atoms with van der Waals surface area (Å²) in [6.45, 7) is 8.71. The highest BCUT2D eigenvalue weighted by atomic mass is 16.5. The van der Waals surface area contributed by atoms with E-state index >= 15 is 0 Å². The Kier molecular flexibility index (Phi) is 5.47. The van der Waals surface area contributed by atoms with Crippen molar-refractivity contribution < 1.29 is 10.2 Å². The molecule has 0 fully saturated rings. The lowest BCUT2D eigenvalue weighted by Crippen LogP contribution is -2.32. The predicted octanol–water partition coefficient (Wildman–Crippen LogP) is 0.194. The maximum Gasteiger partial charge on any atom is 0.183 e. The number of aliphatic hydroxyl groups excluding tert-OH is 1. The molecule has 94 valence electrons. The lowest BCUT2D eigenvalue weighted by Gasteiger charge is -2.22. The van der Waals surface area contributed by atoms with Crippen LogP contribution in [0.15, 0.2) is 16.3 Å². The van der Waals surface area contributed by atoms with Crippen LogP contribution < -0.4 is 11.1 Å². The molecular weight excluding hydrogens is 206 g/mol. The molecule has 0 saturated carbocycles. The number of allylic oxidation sites excluding steroid dienone is 1. The van der Waals surface area contributed by atoms with Gasteiger partial charge in [0.2, 0.25) is 0 Å². The molecule has 5 heteroatoms. The summed E-state index contributed by atoms with van der Waals surface area (Å²) in [5.41, 5.74) is 6.55. The summed E-state index contributed by atoms with van der Waals surface area (Å²) < 4.78 is 0. The second-order valence-electron chi connectivity index (χ2n) is 4.94. The molecule has 0 aromatic heterocycles. The zero-order chi connectivity index (χ0) is 12.9. The Balaban J connectivity index is 4.86. The normalized spacial score (nSPS) is 15.1. The Morgan fingerprint density at radius 3 is 2.19 bits per heavy atom. The molecular formula is C11H23N3O2. The molecule has 0 aliphatic heterocycles. The quantitative estimate of drug-likeness (QED) is 0.315. The number of nitrogens with two attached hydrogens (primary N) is 1. The lowest BCUT2D eigenvalue weighted by molar-refractivity contribution is -0.00414. The largest absolute Gasteiger partial charge is 0.388 e. The van der Waals surface area contributed by atoms with E-state index in [0.717, 1.165) is 0 Å². The van der Waals surface area contributed by atoms with Crippen LogP contribution in [0, 0.1) is 5.41 Å². The van der Waals surface area contributed by atoms with Crippen LogP contribution in [-0.4, -0.2) is 35.9 Å². The number of hydrogen-bond donors (Lipinski definition) is 4. The van der Waals surface area contributed by atoms with Gasteiger partial charge in [-0.05, 0) is 12.3 Å². The predicted molar refractivity (Wildman–Crippen MR) is 65.9 cm³/mol. The number of amidine groups is 1. The van der Waals surface area contributed by atoms with Crippen LogP contribution >= 0.6 is 0 Å². The van der Waals surface area contributed by atoms with Gasteiger partial charge in [0.25, 0.3) is 0 Å². The van der Waals surface area contributed by atoms with Crippen molar-refractivity contribution in [3.05, 3.63) is 11.3 Å². The number of aliphatic imine (C=N–C) groups is 1. The number of rotatable bonds is 4. The van der Waals surface area contributed by atoms with E-state index in [9.17, 15) is 10.2 Å². The van der Waals surface area contributed by atoms with E-state index in [-0.39, 0.29) is 16.8 Å². The van der Waals surface area contributed by atoms with E-state index in [1.807, 2.05) is 0 Å². The molecule has 16 heavy (non-hydrogen) atoms. The summed E-state index contributed by atoms with van der Waals surface area (Å²) in [6.07, 6.45) is -1.61. The SMILES string of the molecule is CN=C(N)C(=C(C)NCC(C)(C)C)C(O)O. The zero-order valence-corrected chi connectivity index (χ0v) is 10.7. The topological polar surface area (TPSA) is 90.9 Å². The fourth-order valence-corrected chi connectivity index (χ4v) is 1.13. The average Bonchev–Trinajstić information content (AvgIpc) is 2.13. The molecule has 0 saturated heterocycles. The van der Waals surface area contributed by atoms with Crippen LogP contribution in [-0.2, 0) is 0 Å². The highest BCUT2D eigenvalue weighted by molar-refractivity contribution is 5.98. The first-order chi connectivity index (χ1) is 7.19. The molecule has 5 N–H and O–H groups in total. The van der Waals surface area contributed by atoms with E-state index in [2.05, 4.69) is 31.1 Å². The summed E-state index contributed by atoms with van der Waals surface area (Å²) in [4.78, 5) is 3.75. The van der Waals surface area contributed by atoms with Crippen LogP contribution in [0.1, 0.15) is 27.7 Å². The number of nitrogens with zero attached hydrogens (tertiary/aromatic N) is 1. The van der Waals surface area contributed by atoms with Gasteiger partial charge in [0, 0.05) is 19.3 Å². The van der Waals surface area contributed by atoms with Gasteiger partial charge in [-0.15, -0.1) is 0 Å². The first kappa shape index (κ1) is 14.9. The van der Waals surface area contributed by atoms with Gasteiger partial charge in [-0.2, -0.15) is 0 Å². The summed E-state index contributed by atoms with van der Waals surface area (Å²) in [5.74, 6) is 0.133. The lowest BCUT2D eigenvalue weighted by atomic mass is 9.96. The standard InChI is InChI=1S/C11H23N3O2/c1-7(14-6-11(2,3)4)8(10(15)16)9(12)13-5/h10,14-16H,6H2,1-5H3,(H2,12,13). The number of hydrogen-bond acceptors (Lipinski definition) is 4. The van der Waals surface area contributed by atoms with Crippen LogP contribution in [0.4, 0.5) is 0 Å². The van der Waals surface area contributed by atoms with Crippen LogP contribution in [0.3, 0.4) is 0 Å². The van der Waals surface area contributed by atoms with Crippen molar-refractivity contribution in [1.82, 2.24) is 5.32 Å². The summed E-state index contributed by atoms with van der Waals surface area (Å²) >= 11 is 0. The maximum absolute atomic E-state index is 9.21. The van der Waals surface area contributed by atoms with Gasteiger partial charge < -0.3 is 21.3 Å². The summed E-state index contributed by atoms with van der Waals surface area (Å²) in [6, 6.07) is 0. The number of nitrogens with one attached hydrogen (secondary N) is 1. The molecule has 0 heterocycles. The molecule has 0 spiro atoms. The van der Waals surface area contributed by atoms with Crippen molar-refractivity contribution in [2.75, 3.05) is 13.6 Å². The minimum absolute atomic E-state index is 0.102. The van der Waals surface area contributed by atoms with E-state index in [4.69, 9.17) is 5.73 Å². The first-order valence-electron chi connectivity index (χ1n) is 5.22. The maximum atomic E-state index is 9.21. The van der Waals surface area contributed by atoms with Crippen LogP contribution in [0.25, 0.3) is 0 Å². The highest BCUT2D eigenvalue weighted by Gasteiger charge is 2.16. The zero-order valence-electron chi connectivity index (χ0n) is 10.7. The Hall–Kier alpha value is -1.07. The van der Waals surface area contributed by atoms with E-state index in [0.29, 0.717) is 12.2 Å². The third-order valence-electron chi connectivity index (χ3n) is 2.06. The van der Waals surface area contributed by atoms with Crippen molar-refractivity contribution >= 4 is 5.84 Å². The molecule has 5 nitrogen and oxygen atoms in total. The molecule has 0 aliphatic carbocycles. The molecule has 0 amide bonds.